The van der Waals surface area contributed by atoms with Crippen LogP contribution in [-0.2, 0) is 0 Å². The van der Waals surface area contributed by atoms with Gasteiger partial charge in [0.1, 0.15) is 0 Å². The van der Waals surface area contributed by atoms with Crippen molar-refractivity contribution < 1.29 is 28.0 Å². The lowest BCUT2D eigenvalue weighted by Crippen LogP contribution is -2.56. The van der Waals surface area contributed by atoms with Gasteiger partial charge in [-0.05, 0) is 29.8 Å². The van der Waals surface area contributed by atoms with Gasteiger partial charge in [-0.2, -0.15) is 23.3 Å². The van der Waals surface area contributed by atoms with Gasteiger partial charge in [-0.1, -0.05) is 28.1 Å². The normalized spacial score (nSPS) is 19.5. The molecule has 0 bridgehead atoms. The fourth-order valence-corrected chi connectivity index (χ4v) is 3.06. The summed E-state index contributed by atoms with van der Waals surface area (Å²) in [6.45, 7) is 0. The van der Waals surface area contributed by atoms with Crippen LogP contribution in [-0.4, -0.2) is 38.6 Å². The van der Waals surface area contributed by atoms with Crippen molar-refractivity contribution >= 4 is 33.2 Å². The number of hydrogen-bond donors (Lipinski definition) is 1. The van der Waals surface area contributed by atoms with Crippen molar-refractivity contribution in [1.82, 2.24) is 5.01 Å². The van der Waals surface area contributed by atoms with Crippen LogP contribution in [0.25, 0.3) is 0 Å². The number of hydrogen-bond acceptors (Lipinski definition) is 5. The Labute approximate surface area is 164 Å². The van der Waals surface area contributed by atoms with Gasteiger partial charge < -0.3 is 5.11 Å². The summed E-state index contributed by atoms with van der Waals surface area (Å²) >= 11 is 3.20. The van der Waals surface area contributed by atoms with Crippen molar-refractivity contribution in [2.24, 2.45) is 5.10 Å². The van der Waals surface area contributed by atoms with Gasteiger partial charge in [0.05, 0.1) is 17.1 Å². The molecule has 3 rings (SSSR count). The van der Waals surface area contributed by atoms with Crippen LogP contribution in [0.3, 0.4) is 0 Å². The number of alkyl halides is 3. The summed E-state index contributed by atoms with van der Waals surface area (Å²) in [5, 5.41) is 24.7. The molecule has 0 aliphatic carbocycles. The van der Waals surface area contributed by atoms with Crippen LogP contribution >= 0.6 is 15.9 Å². The van der Waals surface area contributed by atoms with E-state index in [0.717, 1.165) is 24.3 Å². The summed E-state index contributed by atoms with van der Waals surface area (Å²) in [5.74, 6) is -1.24. The number of nitrogens with zero attached hydrogens (tertiary/aromatic N) is 3. The molecule has 1 aliphatic heterocycles. The fourth-order valence-electron chi connectivity index (χ4n) is 2.66. The fraction of sp³-hybridized carbons (Fsp3) is 0.176. The largest absolute Gasteiger partial charge is 0.438 e. The number of hydrazone groups is 1. The third-order valence-corrected chi connectivity index (χ3v) is 4.61. The van der Waals surface area contributed by atoms with E-state index in [0.29, 0.717) is 10.0 Å². The predicted octanol–water partition coefficient (Wildman–Crippen LogP) is 3.86. The van der Waals surface area contributed by atoms with Crippen molar-refractivity contribution in [3.8, 4) is 0 Å². The first kappa shape index (κ1) is 20.0. The zero-order valence-electron chi connectivity index (χ0n) is 13.9. The molecule has 1 aliphatic rings. The summed E-state index contributed by atoms with van der Waals surface area (Å²) in [5.41, 5.74) is -3.98. The van der Waals surface area contributed by atoms with Crippen molar-refractivity contribution in [1.29, 1.82) is 0 Å². The zero-order chi connectivity index (χ0) is 20.7. The lowest BCUT2D eigenvalue weighted by molar-refractivity contribution is -0.384. The monoisotopic (exact) mass is 457 g/mol. The Bertz CT molecular complexity index is 978. The van der Waals surface area contributed by atoms with Gasteiger partial charge in [0.25, 0.3) is 17.3 Å². The molecule has 1 heterocycles. The van der Waals surface area contributed by atoms with Gasteiger partial charge in [-0.3, -0.25) is 14.9 Å². The van der Waals surface area contributed by atoms with E-state index in [1.54, 1.807) is 12.1 Å². The van der Waals surface area contributed by atoms with Crippen LogP contribution < -0.4 is 0 Å². The third-order valence-electron chi connectivity index (χ3n) is 4.11. The second-order valence-corrected chi connectivity index (χ2v) is 6.88. The number of benzene rings is 2. The minimum Gasteiger partial charge on any atom is -0.362 e. The van der Waals surface area contributed by atoms with E-state index in [4.69, 9.17) is 0 Å². The van der Waals surface area contributed by atoms with Gasteiger partial charge in [-0.15, -0.1) is 0 Å². The predicted molar refractivity (Wildman–Crippen MR) is 95.6 cm³/mol. The standard InChI is InChI=1S/C17H11BrF3N3O4/c18-12-3-1-2-11(8-12)14-9-16(26,17(19,20)21)23(22-14)15(25)10-4-6-13(7-5-10)24(27)28/h1-8,26H,9H2/t16-/m0/s1. The Kier molecular flexibility index (Phi) is 4.98. The SMILES string of the molecule is O=C(c1ccc([N+](=O)[O-])cc1)N1N=C(c2cccc(Br)c2)C[C@]1(O)C(F)(F)F. The maximum Gasteiger partial charge on any atom is 0.438 e. The minimum absolute atomic E-state index is 0.0234. The van der Waals surface area contributed by atoms with E-state index < -0.39 is 29.2 Å². The molecule has 2 aromatic carbocycles. The molecule has 0 aromatic heterocycles. The van der Waals surface area contributed by atoms with Crippen LogP contribution in [0, 0.1) is 10.1 Å². The number of halogens is 4. The van der Waals surface area contributed by atoms with Gasteiger partial charge in [-0.25, -0.2) is 0 Å². The first-order valence-corrected chi connectivity index (χ1v) is 8.54. The Morgan fingerprint density at radius 3 is 2.43 bits per heavy atom. The van der Waals surface area contributed by atoms with Gasteiger partial charge in [0.2, 0.25) is 0 Å². The number of nitro benzene ring substituents is 1. The molecule has 0 saturated heterocycles. The van der Waals surface area contributed by atoms with Crippen LogP contribution in [0.5, 0.6) is 0 Å². The molecule has 1 atom stereocenters. The lowest BCUT2D eigenvalue weighted by Gasteiger charge is -2.32. The van der Waals surface area contributed by atoms with Gasteiger partial charge in [0.15, 0.2) is 0 Å². The molecule has 2 aromatic rings. The molecule has 28 heavy (non-hydrogen) atoms. The molecule has 1 amide bonds. The van der Waals surface area contributed by atoms with E-state index >= 15 is 0 Å². The van der Waals surface area contributed by atoms with E-state index in [1.807, 2.05) is 0 Å². The molecular formula is C17H11BrF3N3O4. The quantitative estimate of drug-likeness (QED) is 0.558. The maximum atomic E-state index is 13.6. The molecule has 0 saturated carbocycles. The Hall–Kier alpha value is -2.79. The average Bonchev–Trinajstić information content (AvgIpc) is 3.00. The summed E-state index contributed by atoms with van der Waals surface area (Å²) in [4.78, 5) is 22.6. The minimum atomic E-state index is -5.18. The second kappa shape index (κ2) is 6.99. The van der Waals surface area contributed by atoms with E-state index in [2.05, 4.69) is 21.0 Å². The molecule has 146 valence electrons. The topological polar surface area (TPSA) is 96.0 Å². The number of nitro groups is 1. The average molecular weight is 458 g/mol. The van der Waals surface area contributed by atoms with E-state index in [1.165, 1.54) is 12.1 Å². The van der Waals surface area contributed by atoms with Crippen molar-refractivity contribution in [2.45, 2.75) is 18.3 Å². The number of amides is 1. The van der Waals surface area contributed by atoms with Crippen molar-refractivity contribution in [3.05, 3.63) is 74.2 Å². The second-order valence-electron chi connectivity index (χ2n) is 5.97. The molecule has 1 N–H and O–H groups in total. The lowest BCUT2D eigenvalue weighted by atomic mass is 10.0. The Morgan fingerprint density at radius 1 is 1.25 bits per heavy atom. The van der Waals surface area contributed by atoms with E-state index in [-0.39, 0.29) is 22.0 Å². The maximum absolute atomic E-state index is 13.6. The van der Waals surface area contributed by atoms with Gasteiger partial charge in [0, 0.05) is 22.2 Å². The summed E-state index contributed by atoms with van der Waals surface area (Å²) < 4.78 is 41.4. The van der Waals surface area contributed by atoms with Crippen LogP contribution in [0.2, 0.25) is 0 Å². The highest BCUT2D eigenvalue weighted by Gasteiger charge is 2.63. The molecule has 7 nitrogen and oxygen atoms in total. The van der Waals surface area contributed by atoms with Crippen LogP contribution in [0.1, 0.15) is 22.3 Å². The first-order chi connectivity index (χ1) is 13.0. The van der Waals surface area contributed by atoms with Crippen LogP contribution in [0.4, 0.5) is 18.9 Å². The number of rotatable bonds is 3. The number of carbonyl (C=O) groups excluding carboxylic acids is 1. The van der Waals surface area contributed by atoms with Crippen molar-refractivity contribution in [3.63, 3.8) is 0 Å². The molecule has 0 unspecified atom stereocenters. The molecule has 0 fully saturated rings. The van der Waals surface area contributed by atoms with Gasteiger partial charge >= 0.3 is 6.18 Å². The zero-order valence-corrected chi connectivity index (χ0v) is 15.4. The summed E-state index contributed by atoms with van der Waals surface area (Å²) in [7, 11) is 0. The Morgan fingerprint density at radius 2 is 1.89 bits per heavy atom. The van der Waals surface area contributed by atoms with Crippen LogP contribution in [0.15, 0.2) is 58.1 Å². The first-order valence-electron chi connectivity index (χ1n) is 7.74. The highest BCUT2D eigenvalue weighted by molar-refractivity contribution is 9.10. The molecular weight excluding hydrogens is 447 g/mol. The Balaban J connectivity index is 2.03. The highest BCUT2D eigenvalue weighted by atomic mass is 79.9. The summed E-state index contributed by atoms with van der Waals surface area (Å²) in [6, 6.07) is 10.2. The molecule has 11 heteroatoms. The third kappa shape index (κ3) is 3.50. The summed E-state index contributed by atoms with van der Waals surface area (Å²) in [6.07, 6.45) is -6.13. The smallest absolute Gasteiger partial charge is 0.362 e. The molecule has 0 spiro atoms. The van der Waals surface area contributed by atoms with Crippen molar-refractivity contribution in [2.75, 3.05) is 0 Å². The molecule has 0 radical (unpaired) electrons. The number of non-ortho nitro benzene ring substituents is 1. The number of aliphatic hydroxyl groups is 1. The van der Waals surface area contributed by atoms with E-state index in [9.17, 15) is 33.2 Å². The highest BCUT2D eigenvalue weighted by Crippen LogP contribution is 2.42. The number of carbonyl (C=O) groups is 1.